The molecule has 0 atom stereocenters. The zero-order chi connectivity index (χ0) is 19.3. The van der Waals surface area contributed by atoms with Crippen molar-refractivity contribution in [3.05, 3.63) is 63.7 Å². The predicted molar refractivity (Wildman–Crippen MR) is 104 cm³/mol. The van der Waals surface area contributed by atoms with Crippen LogP contribution in [0.15, 0.2) is 42.5 Å². The van der Waals surface area contributed by atoms with E-state index in [1.165, 1.54) is 12.1 Å². The summed E-state index contributed by atoms with van der Waals surface area (Å²) in [4.78, 5) is 26.5. The molecule has 2 rings (SSSR count). The Kier molecular flexibility index (Phi) is 6.30. The summed E-state index contributed by atoms with van der Waals surface area (Å²) in [6.07, 6.45) is 0. The number of nitrogens with one attached hydrogen (secondary N) is 1. The molecule has 0 unspecified atom stereocenters. The van der Waals surface area contributed by atoms with Crippen molar-refractivity contribution in [1.82, 2.24) is 4.90 Å². The Morgan fingerprint density at radius 1 is 1.12 bits per heavy atom. The molecule has 7 nitrogen and oxygen atoms in total. The fraction of sp³-hybridized carbons (Fsp3) is 0.316. The van der Waals surface area contributed by atoms with Gasteiger partial charge in [0.2, 0.25) is 5.91 Å². The van der Waals surface area contributed by atoms with E-state index in [1.54, 1.807) is 13.0 Å². The lowest BCUT2D eigenvalue weighted by atomic mass is 10.1. The van der Waals surface area contributed by atoms with Crippen LogP contribution in [0, 0.1) is 17.0 Å². The molecule has 0 aliphatic carbocycles. The maximum atomic E-state index is 12.2. The van der Waals surface area contributed by atoms with E-state index in [1.807, 2.05) is 55.2 Å². The van der Waals surface area contributed by atoms with Gasteiger partial charge < -0.3 is 10.2 Å². The first-order valence-corrected chi connectivity index (χ1v) is 8.26. The summed E-state index contributed by atoms with van der Waals surface area (Å²) >= 11 is 0. The number of likely N-dealkylation sites (N-methyl/N-ethyl adjacent to an activating group) is 1. The zero-order valence-electron chi connectivity index (χ0n) is 15.5. The summed E-state index contributed by atoms with van der Waals surface area (Å²) in [6.45, 7) is 2.62. The minimum atomic E-state index is -0.450. The number of non-ortho nitro benzene ring substituents is 1. The Hall–Kier alpha value is -2.93. The second-order valence-electron chi connectivity index (χ2n) is 6.54. The number of hydrogen-bond acceptors (Lipinski definition) is 5. The number of amides is 1. The molecule has 0 fully saturated rings. The van der Waals surface area contributed by atoms with Gasteiger partial charge in [0.25, 0.3) is 5.69 Å². The molecule has 0 aliphatic rings. The van der Waals surface area contributed by atoms with E-state index in [0.29, 0.717) is 17.8 Å². The molecule has 0 spiro atoms. The molecule has 1 amide bonds. The summed E-state index contributed by atoms with van der Waals surface area (Å²) in [7, 11) is 5.86. The van der Waals surface area contributed by atoms with Gasteiger partial charge in [0.05, 0.1) is 11.5 Å². The van der Waals surface area contributed by atoms with Gasteiger partial charge in [-0.2, -0.15) is 0 Å². The lowest BCUT2D eigenvalue weighted by molar-refractivity contribution is -0.384. The van der Waals surface area contributed by atoms with Crippen molar-refractivity contribution in [1.29, 1.82) is 0 Å². The molecule has 0 saturated carbocycles. The Bertz CT molecular complexity index is 788. The topological polar surface area (TPSA) is 78.7 Å². The third-order valence-corrected chi connectivity index (χ3v) is 4.01. The van der Waals surface area contributed by atoms with Gasteiger partial charge in [0, 0.05) is 44.1 Å². The summed E-state index contributed by atoms with van der Waals surface area (Å²) in [5.41, 5.74) is 3.51. The van der Waals surface area contributed by atoms with Crippen LogP contribution < -0.4 is 10.2 Å². The first-order valence-electron chi connectivity index (χ1n) is 8.26. The maximum Gasteiger partial charge on any atom is 0.269 e. The molecule has 26 heavy (non-hydrogen) atoms. The molecule has 2 aromatic rings. The fourth-order valence-corrected chi connectivity index (χ4v) is 2.60. The highest BCUT2D eigenvalue weighted by atomic mass is 16.6. The second-order valence-corrected chi connectivity index (χ2v) is 6.54. The smallest absolute Gasteiger partial charge is 0.269 e. The molecular formula is C19H24N4O3. The standard InChI is InChI=1S/C19H24N4O3/c1-14-11-17(23(25)26)9-10-18(14)20-19(24)13-22(4)12-15-5-7-16(8-6-15)21(2)3/h5-11H,12-13H2,1-4H3,(H,20,24). The van der Waals surface area contributed by atoms with Crippen LogP contribution in [-0.2, 0) is 11.3 Å². The molecule has 138 valence electrons. The molecule has 0 saturated heterocycles. The van der Waals surface area contributed by atoms with E-state index in [9.17, 15) is 14.9 Å². The first kappa shape index (κ1) is 19.4. The second kappa shape index (κ2) is 8.44. The number of aryl methyl sites for hydroxylation is 1. The van der Waals surface area contributed by atoms with Crippen molar-refractivity contribution in [3.63, 3.8) is 0 Å². The van der Waals surface area contributed by atoms with Gasteiger partial charge >= 0.3 is 0 Å². The van der Waals surface area contributed by atoms with E-state index in [-0.39, 0.29) is 18.1 Å². The summed E-state index contributed by atoms with van der Waals surface area (Å²) < 4.78 is 0. The first-order chi connectivity index (χ1) is 12.3. The number of rotatable bonds is 7. The highest BCUT2D eigenvalue weighted by Crippen LogP contribution is 2.21. The number of nitrogens with zero attached hydrogens (tertiary/aromatic N) is 3. The van der Waals surface area contributed by atoms with Crippen LogP contribution in [0.3, 0.4) is 0 Å². The number of carbonyl (C=O) groups is 1. The van der Waals surface area contributed by atoms with E-state index in [0.717, 1.165) is 11.3 Å². The van der Waals surface area contributed by atoms with Crippen LogP contribution in [0.2, 0.25) is 0 Å². The highest BCUT2D eigenvalue weighted by molar-refractivity contribution is 5.93. The third kappa shape index (κ3) is 5.29. The van der Waals surface area contributed by atoms with Crippen LogP contribution >= 0.6 is 0 Å². The van der Waals surface area contributed by atoms with Crippen molar-refractivity contribution in [2.45, 2.75) is 13.5 Å². The largest absolute Gasteiger partial charge is 0.378 e. The van der Waals surface area contributed by atoms with Crippen molar-refractivity contribution >= 4 is 23.0 Å². The van der Waals surface area contributed by atoms with Crippen LogP contribution in [0.25, 0.3) is 0 Å². The van der Waals surface area contributed by atoms with Gasteiger partial charge in [-0.15, -0.1) is 0 Å². The lowest BCUT2D eigenvalue weighted by Crippen LogP contribution is -2.30. The number of benzene rings is 2. The van der Waals surface area contributed by atoms with E-state index < -0.39 is 4.92 Å². The Balaban J connectivity index is 1.91. The zero-order valence-corrected chi connectivity index (χ0v) is 15.5. The number of carbonyl (C=O) groups excluding carboxylic acids is 1. The van der Waals surface area contributed by atoms with E-state index in [2.05, 4.69) is 5.32 Å². The Morgan fingerprint density at radius 3 is 2.31 bits per heavy atom. The van der Waals surface area contributed by atoms with Crippen molar-refractivity contribution in [3.8, 4) is 0 Å². The Morgan fingerprint density at radius 2 is 1.77 bits per heavy atom. The monoisotopic (exact) mass is 356 g/mol. The van der Waals surface area contributed by atoms with Crippen LogP contribution in [-0.4, -0.2) is 43.4 Å². The van der Waals surface area contributed by atoms with Crippen LogP contribution in [0.1, 0.15) is 11.1 Å². The third-order valence-electron chi connectivity index (χ3n) is 4.01. The number of nitro benzene ring substituents is 1. The molecule has 2 aromatic carbocycles. The van der Waals surface area contributed by atoms with Gasteiger partial charge in [-0.1, -0.05) is 12.1 Å². The van der Waals surface area contributed by atoms with E-state index in [4.69, 9.17) is 0 Å². The quantitative estimate of drug-likeness (QED) is 0.609. The Labute approximate surface area is 153 Å². The molecule has 7 heteroatoms. The van der Waals surface area contributed by atoms with Crippen molar-refractivity contribution in [2.24, 2.45) is 0 Å². The molecule has 0 radical (unpaired) electrons. The van der Waals surface area contributed by atoms with Gasteiger partial charge in [-0.05, 0) is 43.3 Å². The van der Waals surface area contributed by atoms with Gasteiger partial charge in [0.1, 0.15) is 0 Å². The molecule has 1 N–H and O–H groups in total. The van der Waals surface area contributed by atoms with E-state index >= 15 is 0 Å². The minimum absolute atomic E-state index is 0.0128. The predicted octanol–water partition coefficient (Wildman–Crippen LogP) is 3.04. The minimum Gasteiger partial charge on any atom is -0.378 e. The molecule has 0 aliphatic heterocycles. The summed E-state index contributed by atoms with van der Waals surface area (Å²) in [5, 5.41) is 13.6. The van der Waals surface area contributed by atoms with Crippen molar-refractivity contribution < 1.29 is 9.72 Å². The number of nitro groups is 1. The maximum absolute atomic E-state index is 12.2. The van der Waals surface area contributed by atoms with Gasteiger partial charge in [-0.3, -0.25) is 19.8 Å². The summed E-state index contributed by atoms with van der Waals surface area (Å²) in [6, 6.07) is 12.6. The van der Waals surface area contributed by atoms with Gasteiger partial charge in [-0.25, -0.2) is 0 Å². The molecular weight excluding hydrogens is 332 g/mol. The number of hydrogen-bond donors (Lipinski definition) is 1. The highest BCUT2D eigenvalue weighted by Gasteiger charge is 2.12. The molecule has 0 heterocycles. The molecule has 0 aromatic heterocycles. The average Bonchev–Trinajstić information content (AvgIpc) is 2.56. The van der Waals surface area contributed by atoms with Gasteiger partial charge in [0.15, 0.2) is 0 Å². The van der Waals surface area contributed by atoms with Crippen LogP contribution in [0.4, 0.5) is 17.1 Å². The normalized spacial score (nSPS) is 10.7. The van der Waals surface area contributed by atoms with Crippen LogP contribution in [0.5, 0.6) is 0 Å². The number of anilines is 2. The summed E-state index contributed by atoms with van der Waals surface area (Å²) in [5.74, 6) is -0.158. The van der Waals surface area contributed by atoms with Crippen molar-refractivity contribution in [2.75, 3.05) is 37.9 Å². The lowest BCUT2D eigenvalue weighted by Gasteiger charge is -2.18. The average molecular weight is 356 g/mol. The fourth-order valence-electron chi connectivity index (χ4n) is 2.60. The molecule has 0 bridgehead atoms. The SMILES string of the molecule is Cc1cc([N+](=O)[O-])ccc1NC(=O)CN(C)Cc1ccc(N(C)C)cc1.